The lowest BCUT2D eigenvalue weighted by molar-refractivity contribution is -0.125. The minimum Gasteiger partial charge on any atom is -0.375 e. The molecule has 3 atom stereocenters. The zero-order valence-corrected chi connectivity index (χ0v) is 35.9. The van der Waals surface area contributed by atoms with Crippen molar-refractivity contribution in [2.24, 2.45) is 10.8 Å². The molecule has 1 saturated heterocycles. The van der Waals surface area contributed by atoms with Gasteiger partial charge in [0.15, 0.2) is 5.60 Å². The molecular formula is C53H84O4. The maximum atomic E-state index is 11.8. The van der Waals surface area contributed by atoms with Crippen LogP contribution < -0.4 is 0 Å². The number of hydrogen-bond acceptors (Lipinski definition) is 4. The molecule has 2 rings (SSSR count). The maximum absolute atomic E-state index is 11.8. The number of rotatable bonds is 28. The van der Waals surface area contributed by atoms with Crippen LogP contribution in [-0.2, 0) is 14.3 Å². The molecule has 2 aliphatic rings. The first-order valence-corrected chi connectivity index (χ1v) is 20.3. The predicted octanol–water partition coefficient (Wildman–Crippen LogP) is 14.6. The minimum absolute atomic E-state index is 0. The molecule has 1 aliphatic carbocycles. The standard InChI is InChI=1S/C26H42O3.C26H38O.CH4/c1-6-7-8-9-10-11-12-13-14-15-17-21-26(5,28)24-23(29-24)19-16-18-20-25(3,4)22(2)27;1-5-6-16-19-24-22-25(24)20-17-14-12-10-8-7-9-11-13-15-18-21-26(3,4)23(2)27;/h10-11,13-14,23-24,28H,6-9,12,15-16,18-20H2,1-5H3;6,8-11,14-18H,5,7,12-13,19-22H2,1-4H3;1H4/b11-10-,14-13-;10-8-,11-9-,16-6-,17-14-,18-15-;/i;5D2,7D2,12D2,13D2,19D2,21D2;. The summed E-state index contributed by atoms with van der Waals surface area (Å²) in [5, 5.41) is 10.5. The highest BCUT2D eigenvalue weighted by atomic mass is 16.6. The molecule has 0 aromatic heterocycles. The van der Waals surface area contributed by atoms with E-state index in [0.717, 1.165) is 74.1 Å². The molecule has 320 valence electrons. The molecule has 0 amide bonds. The van der Waals surface area contributed by atoms with Crippen LogP contribution in [0.5, 0.6) is 0 Å². The summed E-state index contributed by atoms with van der Waals surface area (Å²) in [6.45, 7) is 15.1. The van der Waals surface area contributed by atoms with Crippen LogP contribution in [0, 0.1) is 22.7 Å². The quantitative estimate of drug-likeness (QED) is 0.0371. The van der Waals surface area contributed by atoms with Crippen molar-refractivity contribution in [3.63, 3.8) is 0 Å². The van der Waals surface area contributed by atoms with E-state index >= 15 is 0 Å². The molecule has 0 aromatic carbocycles. The Balaban J connectivity index is 0.00000138. The molecule has 1 fully saturated rings. The summed E-state index contributed by atoms with van der Waals surface area (Å²) in [6.07, 6.45) is 18.5. The molecule has 1 N–H and O–H groups in total. The largest absolute Gasteiger partial charge is 0.375 e. The topological polar surface area (TPSA) is 66.9 Å². The second-order valence-electron chi connectivity index (χ2n) is 15.6. The van der Waals surface area contributed by atoms with Crippen LogP contribution in [0.2, 0.25) is 0 Å². The average molecular weight is 797 g/mol. The molecule has 4 nitrogen and oxygen atoms in total. The zero-order chi connectivity index (χ0) is 52.5. The minimum atomic E-state index is -2.23. The molecule has 4 heteroatoms. The summed E-state index contributed by atoms with van der Waals surface area (Å²) < 4.78 is 101. The SMILES string of the molecule is C.CCCCC/C=C\C/C=C\CC#CC(C)(O)C1OC1CCCCC(C)(C)C(C)=O.[2H]C([2H])(C)/C=C\C([2H])([2H])C1=C(C/C=C\C([2H])([2H])/C=C\C([2H])([2H])/C=C\C([2H])([2H])/C=C\C([2H])([2H])C(C)(C)C(C)=O)C1. The second kappa shape index (κ2) is 30.8. The molecule has 0 radical (unpaired) electrons. The molecule has 0 saturated carbocycles. The Hall–Kier alpha value is -3.26. The van der Waals surface area contributed by atoms with Crippen molar-refractivity contribution in [3.8, 4) is 11.8 Å². The van der Waals surface area contributed by atoms with E-state index < -0.39 is 55.0 Å². The van der Waals surface area contributed by atoms with Crippen LogP contribution in [-0.4, -0.2) is 34.5 Å². The molecule has 0 aromatic rings. The Morgan fingerprint density at radius 3 is 1.98 bits per heavy atom. The molecule has 57 heavy (non-hydrogen) atoms. The van der Waals surface area contributed by atoms with Gasteiger partial charge < -0.3 is 9.84 Å². The van der Waals surface area contributed by atoms with Crippen molar-refractivity contribution in [2.45, 2.75) is 203 Å². The van der Waals surface area contributed by atoms with Crippen molar-refractivity contribution in [2.75, 3.05) is 0 Å². The Morgan fingerprint density at radius 2 is 1.37 bits per heavy atom. The number of carbonyl (C=O) groups excluding carboxylic acids is 2. The van der Waals surface area contributed by atoms with Gasteiger partial charge >= 0.3 is 0 Å². The monoisotopic (exact) mass is 797 g/mol. The summed E-state index contributed by atoms with van der Waals surface area (Å²) in [5.74, 6) is 5.87. The van der Waals surface area contributed by atoms with E-state index in [1.54, 1.807) is 13.8 Å². The van der Waals surface area contributed by atoms with Crippen LogP contribution in [0.3, 0.4) is 0 Å². The van der Waals surface area contributed by atoms with Gasteiger partial charge in [0.2, 0.25) is 0 Å². The summed E-state index contributed by atoms with van der Waals surface area (Å²) in [6, 6.07) is 0. The van der Waals surface area contributed by atoms with Crippen LogP contribution >= 0.6 is 0 Å². The summed E-state index contributed by atoms with van der Waals surface area (Å²) in [7, 11) is 0. The lowest BCUT2D eigenvalue weighted by atomic mass is 9.83. The fraction of sp³-hybridized carbons (Fsp3) is 0.623. The first-order chi connectivity index (χ1) is 30.9. The van der Waals surface area contributed by atoms with Crippen molar-refractivity contribution in [1.82, 2.24) is 0 Å². The van der Waals surface area contributed by atoms with Gasteiger partial charge in [-0.2, -0.15) is 0 Å². The third kappa shape index (κ3) is 27.1. The number of epoxide rings is 1. The van der Waals surface area contributed by atoms with Crippen molar-refractivity contribution < 1.29 is 35.9 Å². The first-order valence-electron chi connectivity index (χ1n) is 26.3. The molecule has 1 heterocycles. The van der Waals surface area contributed by atoms with E-state index in [1.807, 2.05) is 13.8 Å². The van der Waals surface area contributed by atoms with Crippen LogP contribution in [0.15, 0.2) is 96.2 Å². The van der Waals surface area contributed by atoms with Gasteiger partial charge in [0, 0.05) is 33.7 Å². The lowest BCUT2D eigenvalue weighted by Gasteiger charge is -2.20. The van der Waals surface area contributed by atoms with Gasteiger partial charge in [0.1, 0.15) is 17.7 Å². The lowest BCUT2D eigenvalue weighted by Crippen LogP contribution is -2.30. The normalized spacial score (nSPS) is 22.8. The molecular weight excluding hydrogens is 701 g/mol. The second-order valence-corrected chi connectivity index (χ2v) is 15.6. The van der Waals surface area contributed by atoms with Gasteiger partial charge in [0.05, 0.1) is 6.10 Å². The summed E-state index contributed by atoms with van der Waals surface area (Å²) in [4.78, 5) is 23.3. The van der Waals surface area contributed by atoms with Crippen molar-refractivity contribution in [3.05, 3.63) is 96.2 Å². The highest BCUT2D eigenvalue weighted by molar-refractivity contribution is 5.81. The smallest absolute Gasteiger partial charge is 0.151 e. The Labute approximate surface area is 368 Å². The molecule has 3 unspecified atom stereocenters. The van der Waals surface area contributed by atoms with E-state index in [9.17, 15) is 14.7 Å². The highest BCUT2D eigenvalue weighted by Gasteiger charge is 2.50. The maximum Gasteiger partial charge on any atom is 0.151 e. The van der Waals surface area contributed by atoms with Crippen LogP contribution in [0.25, 0.3) is 0 Å². The number of unbranched alkanes of at least 4 members (excludes halogenated alkanes) is 4. The van der Waals surface area contributed by atoms with E-state index in [1.165, 1.54) is 77.7 Å². The number of ketones is 2. The van der Waals surface area contributed by atoms with Gasteiger partial charge in [-0.05, 0) is 104 Å². The first kappa shape index (κ1) is 35.7. The third-order valence-corrected chi connectivity index (χ3v) is 9.60. The number of Topliss-reactive ketones (excluding diaryl/α,β-unsaturated/α-hetero) is 2. The van der Waals surface area contributed by atoms with Gasteiger partial charge in [-0.1, -0.05) is 183 Å². The van der Waals surface area contributed by atoms with E-state index in [2.05, 4.69) is 43.1 Å². The van der Waals surface area contributed by atoms with E-state index in [4.69, 9.17) is 21.2 Å². The zero-order valence-electron chi connectivity index (χ0n) is 47.9. The number of hydrogen-bond donors (Lipinski definition) is 1. The number of carbonyl (C=O) groups is 2. The van der Waals surface area contributed by atoms with Gasteiger partial charge in [0.25, 0.3) is 0 Å². The van der Waals surface area contributed by atoms with Crippen molar-refractivity contribution >= 4 is 11.6 Å². The number of aliphatic hydroxyl groups is 1. The fourth-order valence-electron chi connectivity index (χ4n) is 5.06. The van der Waals surface area contributed by atoms with E-state index in [0.29, 0.717) is 24.8 Å². The van der Waals surface area contributed by atoms with Crippen LogP contribution in [0.4, 0.5) is 0 Å². The van der Waals surface area contributed by atoms with E-state index in [-0.39, 0.29) is 30.8 Å². The Morgan fingerprint density at radius 1 is 0.754 bits per heavy atom. The third-order valence-electron chi connectivity index (χ3n) is 9.60. The van der Waals surface area contributed by atoms with Gasteiger partial charge in [-0.15, -0.1) is 0 Å². The number of ether oxygens (including phenoxy) is 1. The number of allylic oxidation sites excluding steroid dienone is 16. The molecule has 1 aliphatic heterocycles. The Bertz CT molecular complexity index is 1960. The summed E-state index contributed by atoms with van der Waals surface area (Å²) >= 11 is 0. The Kier molecular flexibility index (Phi) is 19.3. The fourth-order valence-corrected chi connectivity index (χ4v) is 5.06. The van der Waals surface area contributed by atoms with Crippen molar-refractivity contribution in [1.29, 1.82) is 0 Å². The van der Waals surface area contributed by atoms with Gasteiger partial charge in [-0.3, -0.25) is 9.59 Å². The summed E-state index contributed by atoms with van der Waals surface area (Å²) in [5.41, 5.74) is -1.38. The van der Waals surface area contributed by atoms with Crippen LogP contribution in [0.1, 0.15) is 201 Å². The average Bonchev–Trinajstić information content (AvgIpc) is 4.15. The molecule has 0 bridgehead atoms. The predicted molar refractivity (Wildman–Crippen MR) is 248 cm³/mol. The molecule has 0 spiro atoms. The van der Waals surface area contributed by atoms with Gasteiger partial charge in [-0.25, -0.2) is 0 Å². The highest BCUT2D eigenvalue weighted by Crippen LogP contribution is 2.37.